The molecule has 1 heterocycles. The second-order valence-electron chi connectivity index (χ2n) is 1.06. The average molecular weight is 85.1 g/mol. The van der Waals surface area contributed by atoms with Crippen LogP contribution >= 0.6 is 8.58 Å². The third-order valence-electron chi connectivity index (χ3n) is 0.618. The Hall–Kier alpha value is 0.170. The summed E-state index contributed by atoms with van der Waals surface area (Å²) in [5.41, 5.74) is 0. The SMILES string of the molecule is [C]1=CCCP1. The molecule has 0 amide bonds. The lowest BCUT2D eigenvalue weighted by Gasteiger charge is -1.69. The lowest BCUT2D eigenvalue weighted by molar-refractivity contribution is 1.27. The highest BCUT2D eigenvalue weighted by molar-refractivity contribution is 7.40. The van der Waals surface area contributed by atoms with Gasteiger partial charge in [0.25, 0.3) is 0 Å². The van der Waals surface area contributed by atoms with E-state index in [2.05, 4.69) is 11.9 Å². The van der Waals surface area contributed by atoms with Crippen molar-refractivity contribution in [2.45, 2.75) is 6.42 Å². The summed E-state index contributed by atoms with van der Waals surface area (Å²) in [7, 11) is 1.00. The molecule has 1 radical (unpaired) electrons. The van der Waals surface area contributed by atoms with Crippen molar-refractivity contribution < 1.29 is 0 Å². The standard InChI is InChI=1S/C4H6P/c1-2-4-5-3-1/h1,5H,2,4H2. The lowest BCUT2D eigenvalue weighted by Crippen LogP contribution is -1.54. The summed E-state index contributed by atoms with van der Waals surface area (Å²) in [5.74, 6) is 3.12. The van der Waals surface area contributed by atoms with Crippen molar-refractivity contribution in [1.82, 2.24) is 0 Å². The number of rotatable bonds is 0. The first-order chi connectivity index (χ1) is 2.50. The van der Waals surface area contributed by atoms with E-state index in [4.69, 9.17) is 0 Å². The molecular weight excluding hydrogens is 79.0 g/mol. The van der Waals surface area contributed by atoms with E-state index in [0.717, 1.165) is 8.58 Å². The van der Waals surface area contributed by atoms with Crippen LogP contribution in [-0.4, -0.2) is 6.16 Å². The maximum Gasteiger partial charge on any atom is -0.0240 e. The van der Waals surface area contributed by atoms with Crippen molar-refractivity contribution >= 4 is 8.58 Å². The van der Waals surface area contributed by atoms with Crippen LogP contribution in [0.2, 0.25) is 0 Å². The molecule has 1 aliphatic rings. The van der Waals surface area contributed by atoms with E-state index >= 15 is 0 Å². The molecule has 0 fully saturated rings. The summed E-state index contributed by atoms with van der Waals surface area (Å²) >= 11 is 0. The largest absolute Gasteiger partial charge is 0.0898 e. The van der Waals surface area contributed by atoms with Gasteiger partial charge in [0.05, 0.1) is 0 Å². The van der Waals surface area contributed by atoms with Gasteiger partial charge < -0.3 is 0 Å². The topological polar surface area (TPSA) is 0 Å². The van der Waals surface area contributed by atoms with Gasteiger partial charge in [-0.05, 0) is 18.4 Å². The molecule has 1 unspecified atom stereocenters. The fourth-order valence-corrected chi connectivity index (χ4v) is 1.08. The molecule has 0 bridgehead atoms. The first kappa shape index (κ1) is 3.36. The Morgan fingerprint density at radius 1 is 1.80 bits per heavy atom. The number of hydrogen-bond donors (Lipinski definition) is 0. The van der Waals surface area contributed by atoms with Crippen LogP contribution in [0.1, 0.15) is 6.42 Å². The summed E-state index contributed by atoms with van der Waals surface area (Å²) in [6.45, 7) is 0. The molecule has 5 heavy (non-hydrogen) atoms. The van der Waals surface area contributed by atoms with Gasteiger partial charge in [0, 0.05) is 0 Å². The molecule has 0 aromatic rings. The summed E-state index contributed by atoms with van der Waals surface area (Å²) < 4.78 is 0. The second-order valence-corrected chi connectivity index (χ2v) is 2.21. The molecule has 0 aromatic heterocycles. The van der Waals surface area contributed by atoms with E-state index < -0.39 is 0 Å². The maximum absolute atomic E-state index is 3.12. The smallest absolute Gasteiger partial charge is 0.0240 e. The van der Waals surface area contributed by atoms with Crippen molar-refractivity contribution in [3.63, 3.8) is 0 Å². The molecule has 1 heteroatoms. The zero-order valence-electron chi connectivity index (χ0n) is 2.99. The Morgan fingerprint density at radius 3 is 3.00 bits per heavy atom. The summed E-state index contributed by atoms with van der Waals surface area (Å²) in [4.78, 5) is 0. The molecule has 0 saturated carbocycles. The molecule has 0 aliphatic carbocycles. The predicted molar refractivity (Wildman–Crippen MR) is 25.6 cm³/mol. The van der Waals surface area contributed by atoms with E-state index in [0.29, 0.717) is 0 Å². The molecular formula is C4H6P. The van der Waals surface area contributed by atoms with Gasteiger partial charge in [-0.25, -0.2) is 0 Å². The van der Waals surface area contributed by atoms with Gasteiger partial charge in [0.1, 0.15) is 0 Å². The average Bonchev–Trinajstić information content (AvgIpc) is 1.76. The normalized spacial score (nSPS) is 25.6. The van der Waals surface area contributed by atoms with Crippen molar-refractivity contribution in [1.29, 1.82) is 0 Å². The first-order valence-corrected chi connectivity index (χ1v) is 3.01. The van der Waals surface area contributed by atoms with E-state index in [1.54, 1.807) is 0 Å². The summed E-state index contributed by atoms with van der Waals surface area (Å²) in [6, 6.07) is 0. The quantitative estimate of drug-likeness (QED) is 0.390. The molecule has 0 N–H and O–H groups in total. The van der Waals surface area contributed by atoms with Gasteiger partial charge in [0.2, 0.25) is 0 Å². The molecule has 0 saturated heterocycles. The Balaban J connectivity index is 2.32. The third-order valence-corrected chi connectivity index (χ3v) is 1.56. The minimum Gasteiger partial charge on any atom is -0.0898 e. The van der Waals surface area contributed by atoms with Crippen molar-refractivity contribution in [2.24, 2.45) is 0 Å². The Labute approximate surface area is 34.1 Å². The van der Waals surface area contributed by atoms with Gasteiger partial charge in [-0.2, -0.15) is 0 Å². The highest BCUT2D eigenvalue weighted by atomic mass is 31.1. The van der Waals surface area contributed by atoms with Gasteiger partial charge in [-0.3, -0.25) is 0 Å². The van der Waals surface area contributed by atoms with Crippen molar-refractivity contribution in [3.8, 4) is 0 Å². The van der Waals surface area contributed by atoms with Gasteiger partial charge in [-0.15, -0.1) is 0 Å². The second kappa shape index (κ2) is 1.57. The summed E-state index contributed by atoms with van der Waals surface area (Å²) in [5, 5.41) is 0. The molecule has 0 spiro atoms. The molecule has 1 atom stereocenters. The maximum atomic E-state index is 3.12. The molecule has 0 aromatic carbocycles. The zero-order chi connectivity index (χ0) is 3.54. The van der Waals surface area contributed by atoms with Crippen LogP contribution in [0, 0.1) is 5.82 Å². The lowest BCUT2D eigenvalue weighted by atomic mass is 10.5. The van der Waals surface area contributed by atoms with Crippen LogP contribution in [0.25, 0.3) is 0 Å². The van der Waals surface area contributed by atoms with Gasteiger partial charge in [-0.1, -0.05) is 14.7 Å². The van der Waals surface area contributed by atoms with Gasteiger partial charge in [0.15, 0.2) is 0 Å². The third kappa shape index (κ3) is 0.735. The van der Waals surface area contributed by atoms with Crippen LogP contribution < -0.4 is 0 Å². The minimum absolute atomic E-state index is 1.00. The van der Waals surface area contributed by atoms with Crippen LogP contribution in [0.15, 0.2) is 6.08 Å². The predicted octanol–water partition coefficient (Wildman–Crippen LogP) is 1.39. The monoisotopic (exact) mass is 85.0 g/mol. The van der Waals surface area contributed by atoms with Crippen LogP contribution in [0.3, 0.4) is 0 Å². The number of allylic oxidation sites excluding steroid dienone is 1. The fourth-order valence-electron chi connectivity index (χ4n) is 0.361. The van der Waals surface area contributed by atoms with E-state index in [1.165, 1.54) is 12.6 Å². The zero-order valence-corrected chi connectivity index (χ0v) is 3.99. The molecule has 1 aliphatic heterocycles. The van der Waals surface area contributed by atoms with Crippen LogP contribution in [0.5, 0.6) is 0 Å². The molecule has 27 valence electrons. The Kier molecular flexibility index (Phi) is 1.05. The van der Waals surface area contributed by atoms with Gasteiger partial charge >= 0.3 is 0 Å². The first-order valence-electron chi connectivity index (χ1n) is 1.80. The Morgan fingerprint density at radius 2 is 2.80 bits per heavy atom. The molecule has 0 nitrogen and oxygen atoms in total. The van der Waals surface area contributed by atoms with Crippen molar-refractivity contribution in [2.75, 3.05) is 6.16 Å². The fraction of sp³-hybridized carbons (Fsp3) is 0.500. The van der Waals surface area contributed by atoms with E-state index in [9.17, 15) is 0 Å². The Bertz CT molecular complexity index is 41.6. The molecule has 1 rings (SSSR count). The number of hydrogen-bond acceptors (Lipinski definition) is 0. The highest BCUT2D eigenvalue weighted by Crippen LogP contribution is 2.18. The van der Waals surface area contributed by atoms with E-state index in [-0.39, 0.29) is 0 Å². The highest BCUT2D eigenvalue weighted by Gasteiger charge is 1.85. The van der Waals surface area contributed by atoms with Crippen LogP contribution in [0.4, 0.5) is 0 Å². The minimum atomic E-state index is 1.00. The van der Waals surface area contributed by atoms with E-state index in [1.807, 2.05) is 0 Å². The van der Waals surface area contributed by atoms with Crippen LogP contribution in [-0.2, 0) is 0 Å². The summed E-state index contributed by atoms with van der Waals surface area (Å²) in [6.07, 6.45) is 4.76. The van der Waals surface area contributed by atoms with Crippen molar-refractivity contribution in [3.05, 3.63) is 11.9 Å².